The highest BCUT2D eigenvalue weighted by atomic mass is 16.5. The Hall–Kier alpha value is -1.14. The molecule has 0 aliphatic carbocycles. The van der Waals surface area contributed by atoms with E-state index in [9.17, 15) is 0 Å². The fraction of sp³-hybridized carbons (Fsp3) is 0.778. The maximum absolute atomic E-state index is 5.45. The summed E-state index contributed by atoms with van der Waals surface area (Å²) in [6, 6.07) is 0.454. The minimum absolute atomic E-state index is 0.362. The average Bonchev–Trinajstić information content (AvgIpc) is 2.25. The average molecular weight is 211 g/mol. The van der Waals surface area contributed by atoms with Gasteiger partial charge in [0.2, 0.25) is 5.96 Å². The summed E-state index contributed by atoms with van der Waals surface area (Å²) in [7, 11) is 0. The summed E-state index contributed by atoms with van der Waals surface area (Å²) >= 11 is 0. The monoisotopic (exact) mass is 211 g/mol. The topological polar surface area (TPSA) is 66.5 Å². The van der Waals surface area contributed by atoms with Gasteiger partial charge in [0.05, 0.1) is 26.2 Å². The Labute approximate surface area is 89.4 Å². The number of morpholine rings is 1. The molecule has 84 valence electrons. The van der Waals surface area contributed by atoms with Crippen LogP contribution in [-0.4, -0.2) is 61.2 Å². The van der Waals surface area contributed by atoms with Crippen molar-refractivity contribution in [3.05, 3.63) is 0 Å². The minimum atomic E-state index is 0.362. The van der Waals surface area contributed by atoms with Gasteiger partial charge in [-0.3, -0.25) is 4.90 Å². The van der Waals surface area contributed by atoms with E-state index in [1.807, 2.05) is 4.90 Å². The summed E-state index contributed by atoms with van der Waals surface area (Å²) in [6.45, 7) is 6.17. The van der Waals surface area contributed by atoms with Crippen LogP contribution >= 0.6 is 0 Å². The maximum Gasteiger partial charge on any atom is 0.218 e. The van der Waals surface area contributed by atoms with Crippen LogP contribution in [0.5, 0.6) is 0 Å². The van der Waals surface area contributed by atoms with E-state index in [1.54, 1.807) is 6.34 Å². The highest BCUT2D eigenvalue weighted by Crippen LogP contribution is 2.07. The molecule has 1 unspecified atom stereocenters. The zero-order valence-electron chi connectivity index (χ0n) is 8.96. The largest absolute Gasteiger partial charge is 0.379 e. The summed E-state index contributed by atoms with van der Waals surface area (Å²) in [4.78, 5) is 12.4. The number of aliphatic imine (C=N–C) groups is 2. The Morgan fingerprint density at radius 1 is 1.67 bits per heavy atom. The first-order valence-electron chi connectivity index (χ1n) is 5.15. The van der Waals surface area contributed by atoms with E-state index in [0.29, 0.717) is 18.7 Å². The molecular formula is C9H17N5O. The third-order valence-corrected chi connectivity index (χ3v) is 2.64. The van der Waals surface area contributed by atoms with Crippen molar-refractivity contribution in [1.82, 2.24) is 9.80 Å². The molecule has 6 heteroatoms. The van der Waals surface area contributed by atoms with Crippen molar-refractivity contribution < 1.29 is 4.74 Å². The second-order valence-corrected chi connectivity index (χ2v) is 3.87. The molecule has 0 aromatic heterocycles. The lowest BCUT2D eigenvalue weighted by molar-refractivity contribution is -0.0153. The van der Waals surface area contributed by atoms with Crippen LogP contribution < -0.4 is 5.73 Å². The molecule has 15 heavy (non-hydrogen) atoms. The van der Waals surface area contributed by atoms with Crippen molar-refractivity contribution in [2.24, 2.45) is 15.7 Å². The van der Waals surface area contributed by atoms with Crippen LogP contribution in [0.2, 0.25) is 0 Å². The van der Waals surface area contributed by atoms with Crippen LogP contribution in [-0.2, 0) is 4.74 Å². The predicted molar refractivity (Wildman–Crippen MR) is 58.7 cm³/mol. The standard InChI is InChI=1S/C9H17N5O/c1-8-4-15-3-2-14(8)7-13-5-11-9(10)12-6-13/h5,8H,2-4,6-7H2,1H3,(H2,10,12). The van der Waals surface area contributed by atoms with Gasteiger partial charge in [0, 0.05) is 12.6 Å². The van der Waals surface area contributed by atoms with Crippen LogP contribution in [0.15, 0.2) is 9.98 Å². The minimum Gasteiger partial charge on any atom is -0.379 e. The number of guanidine groups is 1. The van der Waals surface area contributed by atoms with Crippen LogP contribution in [0.1, 0.15) is 6.92 Å². The second kappa shape index (κ2) is 4.59. The lowest BCUT2D eigenvalue weighted by atomic mass is 10.3. The molecule has 2 N–H and O–H groups in total. The fourth-order valence-corrected chi connectivity index (χ4v) is 1.67. The summed E-state index contributed by atoms with van der Waals surface area (Å²) in [6.07, 6.45) is 1.75. The molecule has 0 aromatic carbocycles. The van der Waals surface area contributed by atoms with E-state index in [0.717, 1.165) is 26.4 Å². The lowest BCUT2D eigenvalue weighted by Crippen LogP contribution is -2.49. The summed E-state index contributed by atoms with van der Waals surface area (Å²) in [5.74, 6) is 0.362. The number of hydrogen-bond acceptors (Lipinski definition) is 6. The van der Waals surface area contributed by atoms with Crippen molar-refractivity contribution in [1.29, 1.82) is 0 Å². The molecule has 0 saturated carbocycles. The van der Waals surface area contributed by atoms with Crippen molar-refractivity contribution >= 4 is 12.3 Å². The molecule has 0 radical (unpaired) electrons. The Balaban J connectivity index is 1.84. The van der Waals surface area contributed by atoms with Gasteiger partial charge in [-0.1, -0.05) is 0 Å². The molecule has 0 aromatic rings. The van der Waals surface area contributed by atoms with Crippen molar-refractivity contribution in [3.63, 3.8) is 0 Å². The fourth-order valence-electron chi connectivity index (χ4n) is 1.67. The summed E-state index contributed by atoms with van der Waals surface area (Å²) in [5, 5.41) is 0. The molecule has 0 spiro atoms. The normalized spacial score (nSPS) is 27.9. The Morgan fingerprint density at radius 2 is 2.53 bits per heavy atom. The van der Waals surface area contributed by atoms with E-state index in [1.165, 1.54) is 0 Å². The van der Waals surface area contributed by atoms with Gasteiger partial charge in [0.15, 0.2) is 0 Å². The first kappa shape index (κ1) is 10.4. The van der Waals surface area contributed by atoms with Gasteiger partial charge in [-0.05, 0) is 6.92 Å². The van der Waals surface area contributed by atoms with Gasteiger partial charge < -0.3 is 15.4 Å². The number of nitrogens with two attached hydrogens (primary N) is 1. The number of rotatable bonds is 2. The molecule has 1 saturated heterocycles. The van der Waals surface area contributed by atoms with E-state index < -0.39 is 0 Å². The van der Waals surface area contributed by atoms with Gasteiger partial charge >= 0.3 is 0 Å². The van der Waals surface area contributed by atoms with Crippen molar-refractivity contribution in [2.75, 3.05) is 33.1 Å². The smallest absolute Gasteiger partial charge is 0.218 e. The van der Waals surface area contributed by atoms with E-state index in [2.05, 4.69) is 21.8 Å². The number of ether oxygens (including phenoxy) is 1. The highest BCUT2D eigenvalue weighted by Gasteiger charge is 2.20. The number of nitrogens with zero attached hydrogens (tertiary/aromatic N) is 4. The predicted octanol–water partition coefficient (Wildman–Crippen LogP) is -0.719. The maximum atomic E-state index is 5.45. The molecule has 6 nitrogen and oxygen atoms in total. The van der Waals surface area contributed by atoms with E-state index >= 15 is 0 Å². The first-order chi connectivity index (χ1) is 7.25. The van der Waals surface area contributed by atoms with Gasteiger partial charge in [-0.15, -0.1) is 0 Å². The van der Waals surface area contributed by atoms with E-state index in [-0.39, 0.29) is 0 Å². The van der Waals surface area contributed by atoms with Gasteiger partial charge in [0.25, 0.3) is 0 Å². The molecule has 0 bridgehead atoms. The summed E-state index contributed by atoms with van der Waals surface area (Å²) in [5.41, 5.74) is 5.45. The molecule has 1 fully saturated rings. The first-order valence-corrected chi connectivity index (χ1v) is 5.15. The van der Waals surface area contributed by atoms with Crippen LogP contribution in [0.3, 0.4) is 0 Å². The second-order valence-electron chi connectivity index (χ2n) is 3.87. The Morgan fingerprint density at radius 3 is 3.20 bits per heavy atom. The van der Waals surface area contributed by atoms with Crippen LogP contribution in [0.25, 0.3) is 0 Å². The van der Waals surface area contributed by atoms with Gasteiger partial charge in [-0.25, -0.2) is 9.98 Å². The molecular weight excluding hydrogens is 194 g/mol. The van der Waals surface area contributed by atoms with Crippen LogP contribution in [0, 0.1) is 0 Å². The van der Waals surface area contributed by atoms with Crippen molar-refractivity contribution in [3.8, 4) is 0 Å². The number of hydrogen-bond donors (Lipinski definition) is 1. The molecule has 0 amide bonds. The third-order valence-electron chi connectivity index (χ3n) is 2.64. The zero-order valence-corrected chi connectivity index (χ0v) is 8.96. The molecule has 2 rings (SSSR count). The quantitative estimate of drug-likeness (QED) is 0.654. The zero-order chi connectivity index (χ0) is 10.7. The molecule has 2 aliphatic rings. The summed E-state index contributed by atoms with van der Waals surface area (Å²) < 4.78 is 5.38. The van der Waals surface area contributed by atoms with Crippen molar-refractivity contribution in [2.45, 2.75) is 13.0 Å². The Kier molecular flexibility index (Phi) is 3.17. The molecule has 2 aliphatic heterocycles. The molecule has 2 heterocycles. The van der Waals surface area contributed by atoms with Crippen LogP contribution in [0.4, 0.5) is 0 Å². The molecule has 1 atom stereocenters. The Bertz CT molecular complexity index is 278. The van der Waals surface area contributed by atoms with Gasteiger partial charge in [0.1, 0.15) is 6.67 Å². The lowest BCUT2D eigenvalue weighted by Gasteiger charge is -2.36. The third kappa shape index (κ3) is 2.66. The van der Waals surface area contributed by atoms with Gasteiger partial charge in [-0.2, -0.15) is 0 Å². The highest BCUT2D eigenvalue weighted by molar-refractivity contribution is 5.87. The van der Waals surface area contributed by atoms with E-state index in [4.69, 9.17) is 10.5 Å². The SMILES string of the molecule is CC1COCCN1CN1C=NC(N)=NC1.